The number of carbonyl (C=O) groups is 1. The molecule has 0 saturated heterocycles. The van der Waals surface area contributed by atoms with Gasteiger partial charge >= 0.3 is 0 Å². The minimum Gasteiger partial charge on any atom is -0.325 e. The zero-order valence-corrected chi connectivity index (χ0v) is 21.4. The number of rotatable bonds is 9. The maximum Gasteiger partial charge on any atom is 0.234 e. The summed E-state index contributed by atoms with van der Waals surface area (Å²) in [5, 5.41) is 12.2. The van der Waals surface area contributed by atoms with Crippen LogP contribution in [0.3, 0.4) is 0 Å². The minimum absolute atomic E-state index is 0.0663. The molecule has 0 radical (unpaired) electrons. The molecule has 164 valence electrons. The molecule has 0 spiro atoms. The van der Waals surface area contributed by atoms with Crippen molar-refractivity contribution in [2.75, 3.05) is 11.1 Å². The molecule has 0 aliphatic rings. The van der Waals surface area contributed by atoms with E-state index < -0.39 is 0 Å². The third-order valence-electron chi connectivity index (χ3n) is 4.58. The molecule has 0 aliphatic heterocycles. The number of nitrogens with one attached hydrogen (secondary N) is 1. The Kier molecular flexibility index (Phi) is 8.79. The fraction of sp³-hybridized carbons (Fsp3) is 0.318. The number of hydrogen-bond donors (Lipinski definition) is 1. The molecule has 0 aliphatic carbocycles. The Bertz CT molecular complexity index is 1040. The lowest BCUT2D eigenvalue weighted by atomic mass is 10.0. The Morgan fingerprint density at radius 2 is 1.90 bits per heavy atom. The smallest absolute Gasteiger partial charge is 0.234 e. The van der Waals surface area contributed by atoms with E-state index in [1.54, 1.807) is 23.9 Å². The van der Waals surface area contributed by atoms with Crippen molar-refractivity contribution in [1.82, 2.24) is 14.8 Å². The summed E-state index contributed by atoms with van der Waals surface area (Å²) < 4.78 is 16.1. The first-order chi connectivity index (χ1) is 14.8. The third kappa shape index (κ3) is 6.95. The number of anilines is 1. The van der Waals surface area contributed by atoms with Crippen molar-refractivity contribution >= 4 is 57.7 Å². The molecule has 2 aromatic carbocycles. The Morgan fingerprint density at radius 3 is 2.61 bits per heavy atom. The van der Waals surface area contributed by atoms with E-state index in [1.165, 1.54) is 23.9 Å². The van der Waals surface area contributed by atoms with Crippen molar-refractivity contribution in [2.24, 2.45) is 7.05 Å². The van der Waals surface area contributed by atoms with Crippen LogP contribution < -0.4 is 5.32 Å². The van der Waals surface area contributed by atoms with Gasteiger partial charge in [0.1, 0.15) is 11.6 Å². The average molecular weight is 570 g/mol. The normalized spacial score (nSPS) is 11.2. The molecule has 0 unspecified atom stereocenters. The molecule has 0 atom stereocenters. The van der Waals surface area contributed by atoms with E-state index in [0.717, 1.165) is 32.0 Å². The van der Waals surface area contributed by atoms with E-state index in [-0.39, 0.29) is 17.5 Å². The fourth-order valence-corrected chi connectivity index (χ4v) is 5.09. The van der Waals surface area contributed by atoms with Gasteiger partial charge in [0.15, 0.2) is 5.16 Å². The summed E-state index contributed by atoms with van der Waals surface area (Å²) in [5.74, 6) is 2.60. The molecule has 31 heavy (non-hydrogen) atoms. The second kappa shape index (κ2) is 11.3. The second-order valence-corrected chi connectivity index (χ2v) is 10.5. The van der Waals surface area contributed by atoms with Gasteiger partial charge in [-0.2, -0.15) is 0 Å². The Balaban J connectivity index is 1.51. The van der Waals surface area contributed by atoms with Gasteiger partial charge in [-0.3, -0.25) is 4.79 Å². The van der Waals surface area contributed by atoms with Gasteiger partial charge < -0.3 is 9.88 Å². The summed E-state index contributed by atoms with van der Waals surface area (Å²) in [6.07, 6.45) is 0. The van der Waals surface area contributed by atoms with Crippen LogP contribution in [0, 0.1) is 9.39 Å². The molecule has 3 aromatic rings. The monoisotopic (exact) mass is 570 g/mol. The first kappa shape index (κ1) is 24.1. The second-order valence-electron chi connectivity index (χ2n) is 7.30. The predicted octanol–water partition coefficient (Wildman–Crippen LogP) is 5.85. The van der Waals surface area contributed by atoms with Crippen molar-refractivity contribution in [2.45, 2.75) is 36.4 Å². The number of benzene rings is 2. The first-order valence-corrected chi connectivity index (χ1v) is 13.0. The Morgan fingerprint density at radius 1 is 1.16 bits per heavy atom. The first-order valence-electron chi connectivity index (χ1n) is 9.76. The van der Waals surface area contributed by atoms with Crippen LogP contribution in [0.4, 0.5) is 10.1 Å². The van der Waals surface area contributed by atoms with E-state index in [2.05, 4.69) is 58.0 Å². The molecule has 3 rings (SSSR count). The van der Waals surface area contributed by atoms with E-state index in [9.17, 15) is 9.18 Å². The van der Waals surface area contributed by atoms with E-state index in [1.807, 2.05) is 23.7 Å². The minimum atomic E-state index is -0.227. The van der Waals surface area contributed by atoms with Crippen LogP contribution in [0.5, 0.6) is 0 Å². The molecule has 0 fully saturated rings. The summed E-state index contributed by atoms with van der Waals surface area (Å²) in [6.45, 7) is 4.23. The number of carbonyl (C=O) groups excluding carboxylic acids is 1. The van der Waals surface area contributed by atoms with Gasteiger partial charge in [-0.25, -0.2) is 4.39 Å². The number of amides is 1. The fourth-order valence-electron chi connectivity index (χ4n) is 2.88. The van der Waals surface area contributed by atoms with Crippen molar-refractivity contribution < 1.29 is 9.18 Å². The number of halogens is 2. The van der Waals surface area contributed by atoms with Gasteiger partial charge in [-0.15, -0.1) is 22.0 Å². The quantitative estimate of drug-likeness (QED) is 0.259. The van der Waals surface area contributed by atoms with Gasteiger partial charge in [0.2, 0.25) is 5.91 Å². The molecule has 1 amide bonds. The highest BCUT2D eigenvalue weighted by molar-refractivity contribution is 14.1. The zero-order valence-electron chi connectivity index (χ0n) is 17.6. The molecule has 5 nitrogen and oxygen atoms in total. The lowest BCUT2D eigenvalue weighted by molar-refractivity contribution is -0.113. The highest BCUT2D eigenvalue weighted by atomic mass is 127. The highest BCUT2D eigenvalue weighted by Crippen LogP contribution is 2.27. The van der Waals surface area contributed by atoms with Gasteiger partial charge in [-0.1, -0.05) is 37.7 Å². The molecule has 9 heteroatoms. The topological polar surface area (TPSA) is 59.8 Å². The van der Waals surface area contributed by atoms with Crippen molar-refractivity contribution in [1.29, 1.82) is 0 Å². The third-order valence-corrected chi connectivity index (χ3v) is 7.27. The maximum absolute atomic E-state index is 13.0. The standard InChI is InChI=1S/C22H24FIN4OS2/c1-14(2)18-10-17(24)8-9-19(18)25-21(29)13-31-22-27-26-20(28(22)3)12-30-11-15-4-6-16(23)7-5-15/h4-10,14H,11-13H2,1-3H3,(H,25,29). The van der Waals surface area contributed by atoms with Crippen molar-refractivity contribution in [3.8, 4) is 0 Å². The zero-order chi connectivity index (χ0) is 22.4. The summed E-state index contributed by atoms with van der Waals surface area (Å²) in [7, 11) is 1.91. The number of thioether (sulfide) groups is 2. The molecule has 1 heterocycles. The summed E-state index contributed by atoms with van der Waals surface area (Å²) >= 11 is 5.34. The van der Waals surface area contributed by atoms with Crippen LogP contribution in [-0.2, 0) is 23.3 Å². The molecule has 0 bridgehead atoms. The van der Waals surface area contributed by atoms with Crippen molar-refractivity contribution in [3.63, 3.8) is 0 Å². The predicted molar refractivity (Wildman–Crippen MR) is 135 cm³/mol. The summed E-state index contributed by atoms with van der Waals surface area (Å²) in [5.41, 5.74) is 3.05. The van der Waals surface area contributed by atoms with Crippen LogP contribution in [0.2, 0.25) is 0 Å². The molecular formula is C22H24FIN4OS2. The molecule has 0 saturated carbocycles. The van der Waals surface area contributed by atoms with Crippen LogP contribution in [0.15, 0.2) is 47.6 Å². The highest BCUT2D eigenvalue weighted by Gasteiger charge is 2.14. The number of nitrogens with zero attached hydrogens (tertiary/aromatic N) is 3. The lowest BCUT2D eigenvalue weighted by Crippen LogP contribution is -2.16. The van der Waals surface area contributed by atoms with Crippen LogP contribution in [0.25, 0.3) is 0 Å². The van der Waals surface area contributed by atoms with Gasteiger partial charge in [0.25, 0.3) is 0 Å². The Labute approximate surface area is 204 Å². The van der Waals surface area contributed by atoms with Crippen LogP contribution in [0.1, 0.15) is 36.7 Å². The number of hydrogen-bond acceptors (Lipinski definition) is 5. The van der Waals surface area contributed by atoms with Gasteiger partial charge in [0, 0.05) is 22.1 Å². The largest absolute Gasteiger partial charge is 0.325 e. The van der Waals surface area contributed by atoms with Gasteiger partial charge in [0.05, 0.1) is 11.5 Å². The van der Waals surface area contributed by atoms with Crippen LogP contribution >= 0.6 is 46.1 Å². The average Bonchev–Trinajstić information content (AvgIpc) is 3.08. The van der Waals surface area contributed by atoms with E-state index >= 15 is 0 Å². The van der Waals surface area contributed by atoms with E-state index in [4.69, 9.17) is 0 Å². The van der Waals surface area contributed by atoms with Gasteiger partial charge in [-0.05, 0) is 70.0 Å². The summed E-state index contributed by atoms with van der Waals surface area (Å²) in [6, 6.07) is 12.6. The van der Waals surface area contributed by atoms with E-state index in [0.29, 0.717) is 16.8 Å². The summed E-state index contributed by atoms with van der Waals surface area (Å²) in [4.78, 5) is 12.5. The maximum atomic E-state index is 13.0. The number of aromatic nitrogens is 3. The van der Waals surface area contributed by atoms with Crippen molar-refractivity contribution in [3.05, 3.63) is 68.8 Å². The van der Waals surface area contributed by atoms with Crippen LogP contribution in [-0.4, -0.2) is 26.4 Å². The molecular weight excluding hydrogens is 546 g/mol. The Hall–Kier alpha value is -1.59. The SMILES string of the molecule is CC(C)c1cc(I)ccc1NC(=O)CSc1nnc(CSCc2ccc(F)cc2)n1C. The molecule has 1 N–H and O–H groups in total. The lowest BCUT2D eigenvalue weighted by Gasteiger charge is -2.14. The molecule has 1 aromatic heterocycles.